The number of anilines is 1. The van der Waals surface area contributed by atoms with Crippen LogP contribution in [-0.2, 0) is 12.2 Å². The van der Waals surface area contributed by atoms with E-state index in [1.54, 1.807) is 11.8 Å². The Kier molecular flexibility index (Phi) is 5.26. The molecule has 1 aromatic heterocycles. The molecule has 0 bridgehead atoms. The third-order valence-corrected chi connectivity index (χ3v) is 4.31. The van der Waals surface area contributed by atoms with Crippen LogP contribution < -0.4 is 5.32 Å². The normalized spacial score (nSPS) is 10.6. The molecule has 0 saturated heterocycles. The molecule has 5 heteroatoms. The molecule has 3 nitrogen and oxygen atoms in total. The second-order valence-corrected chi connectivity index (χ2v) is 5.89. The third kappa shape index (κ3) is 3.64. The van der Waals surface area contributed by atoms with Gasteiger partial charge in [-0.25, -0.2) is 9.97 Å². The first-order valence-electron chi connectivity index (χ1n) is 6.56. The van der Waals surface area contributed by atoms with Gasteiger partial charge in [0.2, 0.25) is 0 Å². The Bertz CT molecular complexity index is 559. The average molecular weight is 308 g/mol. The molecule has 1 aromatic carbocycles. The van der Waals surface area contributed by atoms with Gasteiger partial charge in [-0.15, -0.1) is 11.8 Å². The average Bonchev–Trinajstić information content (AvgIpc) is 2.47. The summed E-state index contributed by atoms with van der Waals surface area (Å²) in [5.41, 5.74) is 2.24. The lowest BCUT2D eigenvalue weighted by Gasteiger charge is -2.11. The first-order chi connectivity index (χ1) is 9.63. The molecular weight excluding hydrogens is 290 g/mol. The van der Waals surface area contributed by atoms with Crippen molar-refractivity contribution < 1.29 is 0 Å². The van der Waals surface area contributed by atoms with Crippen molar-refractivity contribution in [2.75, 3.05) is 12.4 Å². The fourth-order valence-electron chi connectivity index (χ4n) is 1.95. The zero-order valence-electron chi connectivity index (χ0n) is 11.9. The summed E-state index contributed by atoms with van der Waals surface area (Å²) in [5.74, 6) is 2.53. The molecule has 106 valence electrons. The Morgan fingerprint density at radius 1 is 1.20 bits per heavy atom. The van der Waals surface area contributed by atoms with Crippen molar-refractivity contribution in [2.24, 2.45) is 0 Å². The number of rotatable bonds is 5. The van der Waals surface area contributed by atoms with E-state index in [1.165, 1.54) is 4.90 Å². The summed E-state index contributed by atoms with van der Waals surface area (Å²) in [4.78, 5) is 10.4. The maximum atomic E-state index is 5.88. The number of thioether (sulfide) groups is 1. The second-order valence-electron chi connectivity index (χ2n) is 4.41. The minimum absolute atomic E-state index is 0.754. The topological polar surface area (TPSA) is 37.8 Å². The highest BCUT2D eigenvalue weighted by atomic mass is 35.5. The van der Waals surface area contributed by atoms with E-state index in [4.69, 9.17) is 11.6 Å². The number of nitrogens with one attached hydrogen (secondary N) is 1. The van der Waals surface area contributed by atoms with Crippen LogP contribution in [0.1, 0.15) is 24.0 Å². The number of benzene rings is 1. The van der Waals surface area contributed by atoms with Crippen molar-refractivity contribution in [1.82, 2.24) is 9.97 Å². The molecule has 0 aliphatic carbocycles. The minimum atomic E-state index is 0.754. The zero-order valence-corrected chi connectivity index (χ0v) is 13.5. The van der Waals surface area contributed by atoms with Crippen molar-refractivity contribution in [2.45, 2.75) is 30.9 Å². The van der Waals surface area contributed by atoms with Gasteiger partial charge in [-0.05, 0) is 37.6 Å². The van der Waals surface area contributed by atoms with Crippen LogP contribution in [0.15, 0.2) is 29.2 Å². The summed E-state index contributed by atoms with van der Waals surface area (Å²) in [6.07, 6.45) is 0.918. The summed E-state index contributed by atoms with van der Waals surface area (Å²) in [6, 6.07) is 7.83. The van der Waals surface area contributed by atoms with Crippen LogP contribution in [-0.4, -0.2) is 17.0 Å². The van der Waals surface area contributed by atoms with Crippen LogP contribution in [0.25, 0.3) is 0 Å². The van der Waals surface area contributed by atoms with Crippen LogP contribution in [0, 0.1) is 6.92 Å². The Morgan fingerprint density at radius 2 is 1.90 bits per heavy atom. The highest BCUT2D eigenvalue weighted by Gasteiger charge is 2.09. The zero-order chi connectivity index (χ0) is 14.5. The summed E-state index contributed by atoms with van der Waals surface area (Å²) >= 11 is 7.60. The van der Waals surface area contributed by atoms with E-state index in [2.05, 4.69) is 29.1 Å². The van der Waals surface area contributed by atoms with Crippen LogP contribution in [0.2, 0.25) is 5.02 Å². The highest BCUT2D eigenvalue weighted by Crippen LogP contribution is 2.24. The molecule has 0 aliphatic rings. The van der Waals surface area contributed by atoms with E-state index in [9.17, 15) is 0 Å². The Labute approximate surface area is 129 Å². The van der Waals surface area contributed by atoms with Gasteiger partial charge in [0.1, 0.15) is 11.6 Å². The number of aryl methyl sites for hydroxylation is 1. The monoisotopic (exact) mass is 307 g/mol. The van der Waals surface area contributed by atoms with Gasteiger partial charge in [0, 0.05) is 28.2 Å². The van der Waals surface area contributed by atoms with Gasteiger partial charge >= 0.3 is 0 Å². The maximum Gasteiger partial charge on any atom is 0.141 e. The van der Waals surface area contributed by atoms with Crippen molar-refractivity contribution in [1.29, 1.82) is 0 Å². The number of hydrogen-bond donors (Lipinski definition) is 1. The SMILES string of the molecule is CCc1nc(CSc2ccc(Cl)cc2)nc(NC)c1C. The van der Waals surface area contributed by atoms with E-state index in [1.807, 2.05) is 31.3 Å². The van der Waals surface area contributed by atoms with Gasteiger partial charge in [-0.3, -0.25) is 0 Å². The predicted octanol–water partition coefficient (Wildman–Crippen LogP) is 4.33. The quantitative estimate of drug-likeness (QED) is 0.834. The molecule has 0 saturated carbocycles. The van der Waals surface area contributed by atoms with E-state index in [-0.39, 0.29) is 0 Å². The van der Waals surface area contributed by atoms with E-state index in [0.29, 0.717) is 0 Å². The molecule has 2 rings (SSSR count). The molecule has 0 atom stereocenters. The molecule has 0 spiro atoms. The van der Waals surface area contributed by atoms with Gasteiger partial charge in [-0.2, -0.15) is 0 Å². The second kappa shape index (κ2) is 6.95. The molecule has 1 N–H and O–H groups in total. The Balaban J connectivity index is 2.14. The fourth-order valence-corrected chi connectivity index (χ4v) is 2.82. The van der Waals surface area contributed by atoms with Gasteiger partial charge in [0.05, 0.1) is 5.75 Å². The summed E-state index contributed by atoms with van der Waals surface area (Å²) in [6.45, 7) is 4.17. The highest BCUT2D eigenvalue weighted by molar-refractivity contribution is 7.98. The van der Waals surface area contributed by atoms with Crippen molar-refractivity contribution in [3.8, 4) is 0 Å². The Morgan fingerprint density at radius 3 is 2.50 bits per heavy atom. The van der Waals surface area contributed by atoms with Crippen molar-refractivity contribution in [3.63, 3.8) is 0 Å². The summed E-state index contributed by atoms with van der Waals surface area (Å²) in [7, 11) is 1.89. The predicted molar refractivity (Wildman–Crippen MR) is 86.7 cm³/mol. The summed E-state index contributed by atoms with van der Waals surface area (Å²) < 4.78 is 0. The smallest absolute Gasteiger partial charge is 0.141 e. The van der Waals surface area contributed by atoms with Gasteiger partial charge < -0.3 is 5.32 Å². The fraction of sp³-hybridized carbons (Fsp3) is 0.333. The largest absolute Gasteiger partial charge is 0.373 e. The van der Waals surface area contributed by atoms with Crippen LogP contribution in [0.4, 0.5) is 5.82 Å². The van der Waals surface area contributed by atoms with Gasteiger partial charge in [-0.1, -0.05) is 18.5 Å². The van der Waals surface area contributed by atoms with Crippen LogP contribution in [0.3, 0.4) is 0 Å². The maximum absolute atomic E-state index is 5.88. The van der Waals surface area contributed by atoms with E-state index < -0.39 is 0 Å². The summed E-state index contributed by atoms with van der Waals surface area (Å²) in [5, 5.41) is 3.89. The molecule has 0 aliphatic heterocycles. The first kappa shape index (κ1) is 15.1. The number of nitrogens with zero attached hydrogens (tertiary/aromatic N) is 2. The van der Waals surface area contributed by atoms with Crippen LogP contribution in [0.5, 0.6) is 0 Å². The minimum Gasteiger partial charge on any atom is -0.373 e. The standard InChI is InChI=1S/C15H18ClN3S/c1-4-13-10(2)15(17-3)19-14(18-13)9-20-12-7-5-11(16)6-8-12/h5-8H,4,9H2,1-3H3,(H,17,18,19). The first-order valence-corrected chi connectivity index (χ1v) is 7.93. The lowest BCUT2D eigenvalue weighted by atomic mass is 10.2. The van der Waals surface area contributed by atoms with Crippen LogP contribution >= 0.6 is 23.4 Å². The third-order valence-electron chi connectivity index (χ3n) is 3.05. The number of aromatic nitrogens is 2. The molecular formula is C15H18ClN3S. The molecule has 2 aromatic rings. The van der Waals surface area contributed by atoms with E-state index in [0.717, 1.165) is 40.1 Å². The van der Waals surface area contributed by atoms with Gasteiger partial charge in [0.15, 0.2) is 0 Å². The molecule has 1 heterocycles. The molecule has 0 unspecified atom stereocenters. The molecule has 0 amide bonds. The number of hydrogen-bond acceptors (Lipinski definition) is 4. The number of halogens is 1. The van der Waals surface area contributed by atoms with Crippen molar-refractivity contribution in [3.05, 3.63) is 46.4 Å². The lowest BCUT2D eigenvalue weighted by Crippen LogP contribution is -2.06. The van der Waals surface area contributed by atoms with Crippen molar-refractivity contribution >= 4 is 29.2 Å². The molecule has 0 radical (unpaired) electrons. The van der Waals surface area contributed by atoms with E-state index >= 15 is 0 Å². The van der Waals surface area contributed by atoms with Gasteiger partial charge in [0.25, 0.3) is 0 Å². The lowest BCUT2D eigenvalue weighted by molar-refractivity contribution is 0.920. The molecule has 20 heavy (non-hydrogen) atoms. The molecule has 0 fully saturated rings. The Hall–Kier alpha value is -1.26.